The van der Waals surface area contributed by atoms with Crippen LogP contribution in [0.1, 0.15) is 25.3 Å². The van der Waals surface area contributed by atoms with Gasteiger partial charge in [-0.1, -0.05) is 18.2 Å². The second-order valence-electron chi connectivity index (χ2n) is 7.65. The molecule has 160 valence electrons. The summed E-state index contributed by atoms with van der Waals surface area (Å²) in [6, 6.07) is 8.28. The predicted octanol–water partition coefficient (Wildman–Crippen LogP) is 2.12. The van der Waals surface area contributed by atoms with Crippen LogP contribution >= 0.6 is 12.4 Å². The van der Waals surface area contributed by atoms with Gasteiger partial charge in [-0.25, -0.2) is 0 Å². The molecule has 1 saturated heterocycles. The van der Waals surface area contributed by atoms with E-state index in [1.807, 2.05) is 37.2 Å². The van der Waals surface area contributed by atoms with Crippen molar-refractivity contribution in [3.05, 3.63) is 36.0 Å². The van der Waals surface area contributed by atoms with Crippen LogP contribution in [-0.4, -0.2) is 77.1 Å². The Labute approximate surface area is 177 Å². The Morgan fingerprint density at radius 1 is 1.31 bits per heavy atom. The molecule has 0 saturated carbocycles. The molecule has 1 unspecified atom stereocenters. The molecule has 1 amide bonds. The number of aromatic nitrogens is 1. The number of para-hydroxylation sites is 1. The third kappa shape index (κ3) is 5.95. The third-order valence-corrected chi connectivity index (χ3v) is 5.80. The summed E-state index contributed by atoms with van der Waals surface area (Å²) in [6.07, 6.45) is 4.58. The summed E-state index contributed by atoms with van der Waals surface area (Å²) in [6.45, 7) is 4.25. The lowest BCUT2D eigenvalue weighted by Gasteiger charge is -2.38. The number of aliphatic carboxylic acids is 1. The highest BCUT2D eigenvalue weighted by molar-refractivity contribution is 5.85. The number of benzene rings is 1. The first-order valence-corrected chi connectivity index (χ1v) is 9.94. The van der Waals surface area contributed by atoms with Gasteiger partial charge in [0.2, 0.25) is 5.91 Å². The van der Waals surface area contributed by atoms with E-state index in [9.17, 15) is 9.59 Å². The first-order chi connectivity index (χ1) is 13.5. The van der Waals surface area contributed by atoms with Crippen LogP contribution in [0, 0.1) is 0 Å². The van der Waals surface area contributed by atoms with E-state index in [0.717, 1.165) is 37.9 Å². The number of aromatic amines is 1. The molecule has 1 aromatic heterocycles. The Kier molecular flexibility index (Phi) is 8.49. The fourth-order valence-electron chi connectivity index (χ4n) is 4.03. The van der Waals surface area contributed by atoms with Gasteiger partial charge in [0.15, 0.2) is 0 Å². The second kappa shape index (κ2) is 10.6. The van der Waals surface area contributed by atoms with Crippen molar-refractivity contribution < 1.29 is 14.7 Å². The Hall–Kier alpha value is -2.09. The molecule has 3 rings (SSSR count). The zero-order valence-corrected chi connectivity index (χ0v) is 17.9. The molecule has 3 N–H and O–H groups in total. The Morgan fingerprint density at radius 2 is 2.00 bits per heavy atom. The molecule has 29 heavy (non-hydrogen) atoms. The van der Waals surface area contributed by atoms with Crippen molar-refractivity contribution in [3.63, 3.8) is 0 Å². The minimum absolute atomic E-state index is 0. The summed E-state index contributed by atoms with van der Waals surface area (Å²) >= 11 is 0. The molecule has 0 radical (unpaired) electrons. The minimum atomic E-state index is -0.798. The first-order valence-electron chi connectivity index (χ1n) is 9.94. The number of halogens is 1. The zero-order valence-electron chi connectivity index (χ0n) is 17.1. The average Bonchev–Trinajstić information content (AvgIpc) is 3.10. The van der Waals surface area contributed by atoms with E-state index in [1.165, 1.54) is 10.9 Å². The lowest BCUT2D eigenvalue weighted by molar-refractivity contribution is -0.138. The van der Waals surface area contributed by atoms with Gasteiger partial charge in [0.25, 0.3) is 0 Å². The maximum Gasteiger partial charge on any atom is 0.317 e. The second-order valence-corrected chi connectivity index (χ2v) is 7.65. The highest BCUT2D eigenvalue weighted by atomic mass is 35.5. The van der Waals surface area contributed by atoms with Gasteiger partial charge in [-0.15, -0.1) is 12.4 Å². The van der Waals surface area contributed by atoms with Crippen molar-refractivity contribution in [2.24, 2.45) is 0 Å². The van der Waals surface area contributed by atoms with Crippen LogP contribution < -0.4 is 5.32 Å². The molecule has 0 bridgehead atoms. The maximum atomic E-state index is 12.5. The highest BCUT2D eigenvalue weighted by Gasteiger charge is 2.28. The fourth-order valence-corrected chi connectivity index (χ4v) is 4.03. The number of H-pyrrole nitrogens is 1. The molecule has 0 spiro atoms. The molecule has 1 aliphatic heterocycles. The van der Waals surface area contributed by atoms with Gasteiger partial charge in [-0.3, -0.25) is 19.4 Å². The Balaban J connectivity index is 0.00000300. The van der Waals surface area contributed by atoms with Crippen LogP contribution in [0.5, 0.6) is 0 Å². The van der Waals surface area contributed by atoms with E-state index in [-0.39, 0.29) is 36.9 Å². The number of carbonyl (C=O) groups is 2. The van der Waals surface area contributed by atoms with Gasteiger partial charge in [-0.05, 0) is 44.9 Å². The fraction of sp³-hybridized carbons (Fsp3) is 0.524. The number of nitrogens with zero attached hydrogens (tertiary/aromatic N) is 2. The molecule has 0 aliphatic carbocycles. The molecule has 1 aliphatic rings. The monoisotopic (exact) mass is 422 g/mol. The average molecular weight is 423 g/mol. The molecule has 1 aromatic carbocycles. The molecular weight excluding hydrogens is 392 g/mol. The SMILES string of the molecule is CC(C(=O)NCCc1c[nH]c2ccccc12)N1CCC(N(C)CC(=O)O)CC1.Cl. The number of fused-ring (bicyclic) bond motifs is 1. The quantitative estimate of drug-likeness (QED) is 0.606. The predicted molar refractivity (Wildman–Crippen MR) is 117 cm³/mol. The molecule has 2 heterocycles. The number of carboxylic acid groups (broad SMARTS) is 1. The molecule has 7 nitrogen and oxygen atoms in total. The van der Waals surface area contributed by atoms with Crippen molar-refractivity contribution in [3.8, 4) is 0 Å². The summed E-state index contributed by atoms with van der Waals surface area (Å²) in [5.41, 5.74) is 2.33. The zero-order chi connectivity index (χ0) is 20.1. The van der Waals surface area contributed by atoms with Crippen molar-refractivity contribution in [1.82, 2.24) is 20.1 Å². The van der Waals surface area contributed by atoms with Crippen molar-refractivity contribution in [2.45, 2.75) is 38.3 Å². The number of hydrogen-bond donors (Lipinski definition) is 3. The summed E-state index contributed by atoms with van der Waals surface area (Å²) in [7, 11) is 1.86. The molecule has 8 heteroatoms. The van der Waals surface area contributed by atoms with Crippen LogP contribution in [0.15, 0.2) is 30.5 Å². The van der Waals surface area contributed by atoms with Crippen LogP contribution in [-0.2, 0) is 16.0 Å². The number of likely N-dealkylation sites (tertiary alicyclic amines) is 1. The normalized spacial score (nSPS) is 16.5. The van der Waals surface area contributed by atoms with Crippen LogP contribution in [0.3, 0.4) is 0 Å². The standard InChI is InChI=1S/C21H30N4O3.ClH/c1-15(25-11-8-17(9-12-25)24(2)14-20(26)27)21(28)22-10-7-16-13-23-19-6-4-3-5-18(16)19;/h3-6,13,15,17,23H,7-12,14H2,1-2H3,(H,22,28)(H,26,27);1H. The van der Waals surface area contributed by atoms with E-state index in [1.54, 1.807) is 0 Å². The number of hydrogen-bond acceptors (Lipinski definition) is 4. The van der Waals surface area contributed by atoms with Gasteiger partial charge >= 0.3 is 5.97 Å². The minimum Gasteiger partial charge on any atom is -0.480 e. The number of rotatable bonds is 8. The van der Waals surface area contributed by atoms with Gasteiger partial charge < -0.3 is 15.4 Å². The van der Waals surface area contributed by atoms with Crippen molar-refractivity contribution in [2.75, 3.05) is 33.2 Å². The maximum absolute atomic E-state index is 12.5. The molecular formula is C21H31ClN4O3. The van der Waals surface area contributed by atoms with Crippen LogP contribution in [0.4, 0.5) is 0 Å². The molecule has 1 atom stereocenters. The van der Waals surface area contributed by atoms with E-state index < -0.39 is 5.97 Å². The summed E-state index contributed by atoms with van der Waals surface area (Å²) in [5.74, 6) is -0.745. The van der Waals surface area contributed by atoms with Crippen LogP contribution in [0.25, 0.3) is 10.9 Å². The lowest BCUT2D eigenvalue weighted by atomic mass is 10.0. The number of nitrogens with one attached hydrogen (secondary N) is 2. The van der Waals surface area contributed by atoms with Crippen molar-refractivity contribution >= 4 is 35.2 Å². The van der Waals surface area contributed by atoms with Crippen molar-refractivity contribution in [1.29, 1.82) is 0 Å². The first kappa shape index (κ1) is 23.2. The Morgan fingerprint density at radius 3 is 2.69 bits per heavy atom. The van der Waals surface area contributed by atoms with Gasteiger partial charge in [0.05, 0.1) is 12.6 Å². The highest BCUT2D eigenvalue weighted by Crippen LogP contribution is 2.19. The Bertz CT molecular complexity index is 817. The van der Waals surface area contributed by atoms with Gasteiger partial charge in [-0.2, -0.15) is 0 Å². The lowest BCUT2D eigenvalue weighted by Crippen LogP contribution is -2.51. The largest absolute Gasteiger partial charge is 0.480 e. The number of amides is 1. The number of piperidine rings is 1. The van der Waals surface area contributed by atoms with Gasteiger partial charge in [0, 0.05) is 42.8 Å². The van der Waals surface area contributed by atoms with E-state index in [2.05, 4.69) is 27.3 Å². The number of carbonyl (C=O) groups excluding carboxylic acids is 1. The van der Waals surface area contributed by atoms with Gasteiger partial charge in [0.1, 0.15) is 0 Å². The molecule has 1 fully saturated rings. The third-order valence-electron chi connectivity index (χ3n) is 5.80. The topological polar surface area (TPSA) is 88.7 Å². The van der Waals surface area contributed by atoms with E-state index >= 15 is 0 Å². The molecule has 2 aromatic rings. The smallest absolute Gasteiger partial charge is 0.317 e. The number of carboxylic acids is 1. The summed E-state index contributed by atoms with van der Waals surface area (Å²) in [5, 5.41) is 13.2. The van der Waals surface area contributed by atoms with Crippen LogP contribution in [0.2, 0.25) is 0 Å². The summed E-state index contributed by atoms with van der Waals surface area (Å²) in [4.78, 5) is 30.8. The van der Waals surface area contributed by atoms with E-state index in [0.29, 0.717) is 6.54 Å². The van der Waals surface area contributed by atoms with E-state index in [4.69, 9.17) is 5.11 Å². The number of likely N-dealkylation sites (N-methyl/N-ethyl adjacent to an activating group) is 1. The summed E-state index contributed by atoms with van der Waals surface area (Å²) < 4.78 is 0.